The zero-order valence-corrected chi connectivity index (χ0v) is 28.0. The summed E-state index contributed by atoms with van der Waals surface area (Å²) in [5.41, 5.74) is 7.05. The van der Waals surface area contributed by atoms with Gasteiger partial charge in [-0.25, -0.2) is 12.1 Å². The Hall–Kier alpha value is -1.62. The summed E-state index contributed by atoms with van der Waals surface area (Å²) in [5.74, 6) is 3.56. The van der Waals surface area contributed by atoms with Gasteiger partial charge in [-0.3, -0.25) is 9.97 Å². The first-order chi connectivity index (χ1) is 19.3. The van der Waals surface area contributed by atoms with Crippen LogP contribution in [0.25, 0.3) is 0 Å². The molecule has 2 nitrogen and oxygen atoms in total. The van der Waals surface area contributed by atoms with E-state index >= 15 is 0 Å². The molecule has 0 spiro atoms. The van der Waals surface area contributed by atoms with Crippen LogP contribution in [0.1, 0.15) is 81.0 Å². The predicted octanol–water partition coefficient (Wildman–Crippen LogP) is 8.63. The monoisotopic (exact) mass is 622 g/mol. The number of aromatic nitrogens is 2. The van der Waals surface area contributed by atoms with E-state index in [1.165, 1.54) is 43.2 Å². The van der Waals surface area contributed by atoms with Gasteiger partial charge in [0.1, 0.15) is 0 Å². The van der Waals surface area contributed by atoms with Crippen molar-refractivity contribution in [2.75, 3.05) is 6.16 Å². The fourth-order valence-corrected chi connectivity index (χ4v) is 10.0. The zero-order valence-electron chi connectivity index (χ0n) is 24.6. The van der Waals surface area contributed by atoms with E-state index in [0.29, 0.717) is 5.41 Å². The van der Waals surface area contributed by atoms with Gasteiger partial charge in [-0.2, -0.15) is 32.4 Å². The van der Waals surface area contributed by atoms with Crippen LogP contribution in [-0.4, -0.2) is 16.1 Å². The normalized spacial score (nSPS) is 26.7. The Labute approximate surface area is 262 Å². The third kappa shape index (κ3) is 5.47. The minimum Gasteiger partial charge on any atom is -0.747 e. The van der Waals surface area contributed by atoms with Crippen molar-refractivity contribution in [2.24, 2.45) is 23.7 Å². The van der Waals surface area contributed by atoms with Gasteiger partial charge in [0.15, 0.2) is 0 Å². The van der Waals surface area contributed by atoms with Gasteiger partial charge in [-0.15, -0.1) is 9.24 Å². The molecule has 41 heavy (non-hydrogen) atoms. The molecule has 2 unspecified atom stereocenters. The molecule has 4 fully saturated rings. The third-order valence-electron chi connectivity index (χ3n) is 10.3. The molecule has 5 heteroatoms. The van der Waals surface area contributed by atoms with E-state index in [0.717, 1.165) is 41.2 Å². The maximum absolute atomic E-state index is 4.84. The van der Waals surface area contributed by atoms with Crippen molar-refractivity contribution in [1.29, 1.82) is 0 Å². The Balaban J connectivity index is 0.000000291. The summed E-state index contributed by atoms with van der Waals surface area (Å²) in [6, 6.07) is 28.1. The zero-order chi connectivity index (χ0) is 28.0. The number of pyridine rings is 2. The Morgan fingerprint density at radius 2 is 1.37 bits per heavy atom. The average Bonchev–Trinajstić information content (AvgIpc) is 3.68. The van der Waals surface area contributed by atoms with E-state index in [2.05, 4.69) is 106 Å². The second-order valence-electron chi connectivity index (χ2n) is 13.6. The minimum absolute atomic E-state index is 0. The Bertz CT molecular complexity index is 1320. The van der Waals surface area contributed by atoms with Gasteiger partial charge in [0.25, 0.3) is 0 Å². The molecule has 2 atom stereocenters. The maximum Gasteiger partial charge on any atom is 0.0270 e. The molecule has 4 bridgehead atoms. The molecule has 0 saturated heterocycles. The summed E-state index contributed by atoms with van der Waals surface area (Å²) in [4.78, 5) is 9.69. The van der Waals surface area contributed by atoms with Crippen LogP contribution >= 0.6 is 18.5 Å². The first-order valence-electron chi connectivity index (χ1n) is 15.1. The van der Waals surface area contributed by atoms with Crippen molar-refractivity contribution >= 4 is 18.5 Å². The standard InChI is InChI=1S/C27H31N2P2.C9H13.Fe/c30-17-26(20-13-18-12-19(15-20)16-21(26)14-18)22-6-5-7-23(22)27(31,24-8-1-3-10-28-24)25-9-2-4-11-29-25;1-9(2,3)8-6-4-5-7-8;/h1-11,18-21H,12-17,30-31H2;4-7H,1-3H3;/q-5;-1;. The smallest absolute Gasteiger partial charge is 0.0270 e. The van der Waals surface area contributed by atoms with Gasteiger partial charge in [-0.05, 0) is 68.2 Å². The SMILES string of the molecule is CC(C)(C)[c-]1cccc1.PCC1([c-]2[cH-][cH-][cH-][c-]2C(P)(c2ccccn2)c2ccccn2)C2CC3CC(C2)CC1C3.[Fe]. The molecule has 0 amide bonds. The van der Waals surface area contributed by atoms with Gasteiger partial charge in [0.2, 0.25) is 0 Å². The molecule has 0 radical (unpaired) electrons. The molecule has 4 aromatic rings. The summed E-state index contributed by atoms with van der Waals surface area (Å²) in [5, 5.41) is -0.442. The van der Waals surface area contributed by atoms with E-state index in [4.69, 9.17) is 9.97 Å². The Morgan fingerprint density at radius 3 is 1.78 bits per heavy atom. The van der Waals surface area contributed by atoms with Crippen molar-refractivity contribution in [3.05, 3.63) is 119 Å². The van der Waals surface area contributed by atoms with Crippen LogP contribution < -0.4 is 0 Å². The molecular weight excluding hydrogens is 578 g/mol. The number of rotatable bonds is 5. The van der Waals surface area contributed by atoms with Crippen LogP contribution in [-0.2, 0) is 33.1 Å². The molecule has 222 valence electrons. The average molecular weight is 623 g/mol. The number of hydrogen-bond donors (Lipinski definition) is 0. The van der Waals surface area contributed by atoms with Crippen molar-refractivity contribution in [3.8, 4) is 0 Å². The molecule has 0 N–H and O–H groups in total. The summed E-state index contributed by atoms with van der Waals surface area (Å²) in [7, 11) is 6.34. The van der Waals surface area contributed by atoms with Crippen LogP contribution in [0.3, 0.4) is 0 Å². The molecule has 2 aromatic heterocycles. The second-order valence-corrected chi connectivity index (χ2v) is 14.8. The largest absolute Gasteiger partial charge is 0.747 e. The minimum atomic E-state index is -0.442. The number of hydrogen-bond acceptors (Lipinski definition) is 2. The summed E-state index contributed by atoms with van der Waals surface area (Å²) in [6.45, 7) is 6.67. The molecule has 8 rings (SSSR count). The molecule has 2 heterocycles. The molecular formula is C36H44FeN2P2-6. The topological polar surface area (TPSA) is 25.8 Å². The Morgan fingerprint density at radius 1 is 0.829 bits per heavy atom. The van der Waals surface area contributed by atoms with Gasteiger partial charge >= 0.3 is 0 Å². The fourth-order valence-electron chi connectivity index (χ4n) is 8.55. The van der Waals surface area contributed by atoms with E-state index in [1.807, 2.05) is 24.5 Å². The van der Waals surface area contributed by atoms with Crippen LogP contribution in [0.15, 0.2) is 91.3 Å². The molecule has 2 aromatic carbocycles. The van der Waals surface area contributed by atoms with Crippen molar-refractivity contribution < 1.29 is 17.1 Å². The fraction of sp³-hybridized carbons (Fsp3) is 0.444. The van der Waals surface area contributed by atoms with Gasteiger partial charge in [0, 0.05) is 40.9 Å². The van der Waals surface area contributed by atoms with Crippen molar-refractivity contribution in [1.82, 2.24) is 9.97 Å². The van der Waals surface area contributed by atoms with Gasteiger partial charge in [0.05, 0.1) is 0 Å². The predicted molar refractivity (Wildman–Crippen MR) is 174 cm³/mol. The Kier molecular flexibility index (Phi) is 9.15. The molecule has 4 aliphatic rings. The number of nitrogens with zero attached hydrogens (tertiary/aromatic N) is 2. The molecule has 4 aliphatic carbocycles. The molecule has 0 aliphatic heterocycles. The molecule has 4 saturated carbocycles. The first kappa shape index (κ1) is 30.8. The first-order valence-corrected chi connectivity index (χ1v) is 16.5. The summed E-state index contributed by atoms with van der Waals surface area (Å²) in [6.07, 6.45) is 12.1. The van der Waals surface area contributed by atoms with E-state index in [9.17, 15) is 0 Å². The summed E-state index contributed by atoms with van der Waals surface area (Å²) >= 11 is 0. The van der Waals surface area contributed by atoms with Crippen molar-refractivity contribution in [3.63, 3.8) is 0 Å². The van der Waals surface area contributed by atoms with Crippen molar-refractivity contribution in [2.45, 2.75) is 68.9 Å². The maximum atomic E-state index is 4.84. The summed E-state index contributed by atoms with van der Waals surface area (Å²) < 4.78 is 0. The van der Waals surface area contributed by atoms with E-state index < -0.39 is 5.16 Å². The van der Waals surface area contributed by atoms with Crippen LogP contribution in [0.2, 0.25) is 0 Å². The van der Waals surface area contributed by atoms with Crippen LogP contribution in [0.4, 0.5) is 0 Å². The van der Waals surface area contributed by atoms with Gasteiger partial charge in [-0.1, -0.05) is 61.5 Å². The second kappa shape index (κ2) is 12.2. The van der Waals surface area contributed by atoms with Crippen LogP contribution in [0, 0.1) is 23.7 Å². The van der Waals surface area contributed by atoms with E-state index in [-0.39, 0.29) is 22.5 Å². The van der Waals surface area contributed by atoms with E-state index in [1.54, 1.807) is 5.56 Å². The third-order valence-corrected chi connectivity index (χ3v) is 11.9. The van der Waals surface area contributed by atoms with Crippen LogP contribution in [0.5, 0.6) is 0 Å². The van der Waals surface area contributed by atoms with Gasteiger partial charge < -0.3 is 29.3 Å². The quantitative estimate of drug-likeness (QED) is 0.127.